The van der Waals surface area contributed by atoms with E-state index in [-0.39, 0.29) is 5.56 Å². The molecule has 0 fully saturated rings. The quantitative estimate of drug-likeness (QED) is 0.399. The highest BCUT2D eigenvalue weighted by Gasteiger charge is 2.25. The second-order valence-electron chi connectivity index (χ2n) is 7.86. The molecule has 7 nitrogen and oxygen atoms in total. The van der Waals surface area contributed by atoms with Crippen molar-refractivity contribution in [1.29, 1.82) is 0 Å². The Hall–Kier alpha value is -4.65. The summed E-state index contributed by atoms with van der Waals surface area (Å²) in [6.45, 7) is 2.01. The smallest absolute Gasteiger partial charge is 0.250 e. The number of para-hydroxylation sites is 2. The molecular formula is C26H19N6O+. The molecule has 0 aliphatic rings. The number of H-pyrrole nitrogens is 1. The van der Waals surface area contributed by atoms with Gasteiger partial charge in [-0.15, -0.1) is 9.78 Å². The summed E-state index contributed by atoms with van der Waals surface area (Å²) in [5, 5.41) is 5.11. The number of benzene rings is 3. The summed E-state index contributed by atoms with van der Waals surface area (Å²) in [6, 6.07) is 25.2. The number of nitrogens with one attached hydrogen (secondary N) is 1. The Kier molecular flexibility index (Phi) is 4.33. The maximum absolute atomic E-state index is 13.7. The van der Waals surface area contributed by atoms with Crippen LogP contribution in [-0.2, 0) is 0 Å². The second-order valence-corrected chi connectivity index (χ2v) is 7.86. The molecule has 0 unspecified atom stereocenters. The third-order valence-corrected chi connectivity index (χ3v) is 5.64. The minimum absolute atomic E-state index is 0.184. The molecule has 0 atom stereocenters. The first-order chi connectivity index (χ1) is 16.2. The van der Waals surface area contributed by atoms with Crippen LogP contribution in [0.3, 0.4) is 0 Å². The molecule has 0 spiro atoms. The zero-order valence-electron chi connectivity index (χ0n) is 17.8. The summed E-state index contributed by atoms with van der Waals surface area (Å²) in [7, 11) is 0. The molecule has 3 heterocycles. The molecule has 0 saturated carbocycles. The van der Waals surface area contributed by atoms with Crippen LogP contribution in [0.5, 0.6) is 0 Å². The molecule has 0 bridgehead atoms. The van der Waals surface area contributed by atoms with Crippen molar-refractivity contribution in [3.8, 4) is 5.69 Å². The van der Waals surface area contributed by atoms with E-state index in [0.717, 1.165) is 27.8 Å². The van der Waals surface area contributed by atoms with E-state index in [2.05, 4.69) is 10.1 Å². The Labute approximate surface area is 188 Å². The monoisotopic (exact) mass is 431 g/mol. The van der Waals surface area contributed by atoms with Gasteiger partial charge in [0.25, 0.3) is 5.65 Å². The molecule has 0 radical (unpaired) electrons. The molecule has 1 N–H and O–H groups in total. The second kappa shape index (κ2) is 7.49. The minimum atomic E-state index is -0.184. The molecule has 33 heavy (non-hydrogen) atoms. The molecule has 3 aromatic heterocycles. The van der Waals surface area contributed by atoms with Crippen LogP contribution in [0, 0.1) is 6.92 Å². The van der Waals surface area contributed by atoms with E-state index in [1.54, 1.807) is 21.8 Å². The standard InChI is InChI=1S/C26H18N6O/c1-17-11-13-19(14-12-17)31-16-27-24-22(26(31)33)23-25(30-21-10-6-5-9-20(21)29-23)32(24)28-15-18-7-3-2-4-8-18/h2-16H,1H3/p+1. The number of fused-ring (bicyclic) bond motifs is 4. The Morgan fingerprint density at radius 1 is 0.879 bits per heavy atom. The Bertz CT molecular complexity index is 1730. The summed E-state index contributed by atoms with van der Waals surface area (Å²) in [6.07, 6.45) is 3.40. The number of hydrogen-bond acceptors (Lipinski definition) is 4. The lowest BCUT2D eigenvalue weighted by Crippen LogP contribution is -2.25. The van der Waals surface area contributed by atoms with Gasteiger partial charge in [0.1, 0.15) is 11.2 Å². The topological polar surface area (TPSA) is 79.2 Å². The highest BCUT2D eigenvalue weighted by molar-refractivity contribution is 6.03. The van der Waals surface area contributed by atoms with Gasteiger partial charge in [0.2, 0.25) is 5.65 Å². The van der Waals surface area contributed by atoms with Crippen LogP contribution in [0.1, 0.15) is 11.1 Å². The minimum Gasteiger partial charge on any atom is -0.250 e. The van der Waals surface area contributed by atoms with Crippen LogP contribution in [0.2, 0.25) is 0 Å². The van der Waals surface area contributed by atoms with Crippen LogP contribution in [0.25, 0.3) is 38.9 Å². The summed E-state index contributed by atoms with van der Waals surface area (Å²) in [5.74, 6) is 0. The first kappa shape index (κ1) is 19.1. The number of aryl methyl sites for hydroxylation is 1. The van der Waals surface area contributed by atoms with E-state index in [1.165, 1.54) is 0 Å². The molecule has 6 rings (SSSR count). The largest absolute Gasteiger partial charge is 0.327 e. The zero-order chi connectivity index (χ0) is 22.4. The maximum atomic E-state index is 13.7. The van der Waals surface area contributed by atoms with Crippen molar-refractivity contribution in [2.45, 2.75) is 6.92 Å². The van der Waals surface area contributed by atoms with E-state index in [4.69, 9.17) is 9.97 Å². The molecule has 0 aliphatic heterocycles. The molecule has 0 aliphatic carbocycles. The van der Waals surface area contributed by atoms with Gasteiger partial charge in [-0.25, -0.2) is 19.7 Å². The molecule has 3 aromatic carbocycles. The van der Waals surface area contributed by atoms with Crippen molar-refractivity contribution in [3.05, 3.63) is 107 Å². The first-order valence-corrected chi connectivity index (χ1v) is 10.6. The molecular weight excluding hydrogens is 412 g/mol. The van der Waals surface area contributed by atoms with Gasteiger partial charge in [-0.05, 0) is 36.8 Å². The summed E-state index contributed by atoms with van der Waals surface area (Å²) in [4.78, 5) is 26.5. The van der Waals surface area contributed by atoms with Gasteiger partial charge in [0.05, 0.1) is 17.2 Å². The Morgan fingerprint density at radius 2 is 1.58 bits per heavy atom. The fourth-order valence-electron chi connectivity index (χ4n) is 3.94. The molecule has 6 aromatic rings. The number of aromatic amines is 1. The van der Waals surface area contributed by atoms with Crippen molar-refractivity contribution >= 4 is 39.4 Å². The number of hydrogen-bond donors (Lipinski definition) is 0. The van der Waals surface area contributed by atoms with E-state index in [0.29, 0.717) is 22.2 Å². The molecule has 0 saturated heterocycles. The lowest BCUT2D eigenvalue weighted by molar-refractivity contribution is -0.356. The van der Waals surface area contributed by atoms with Crippen molar-refractivity contribution in [2.24, 2.45) is 5.10 Å². The molecule has 158 valence electrons. The molecule has 0 amide bonds. The van der Waals surface area contributed by atoms with Gasteiger partial charge in [-0.3, -0.25) is 0 Å². The van der Waals surface area contributed by atoms with E-state index < -0.39 is 0 Å². The lowest BCUT2D eigenvalue weighted by Gasteiger charge is -2.01. The highest BCUT2D eigenvalue weighted by atomic mass is 16.1. The average molecular weight is 431 g/mol. The Balaban J connectivity index is 1.68. The number of nitrogens with zero attached hydrogens (tertiary/aromatic N) is 5. The fourth-order valence-corrected chi connectivity index (χ4v) is 3.94. The summed E-state index contributed by atoms with van der Waals surface area (Å²) in [5.41, 5.74) is 5.68. The van der Waals surface area contributed by atoms with Crippen LogP contribution in [0.15, 0.2) is 95.1 Å². The van der Waals surface area contributed by atoms with Gasteiger partial charge in [-0.2, -0.15) is 4.57 Å². The van der Waals surface area contributed by atoms with Crippen LogP contribution >= 0.6 is 0 Å². The zero-order valence-corrected chi connectivity index (χ0v) is 17.8. The first-order valence-electron chi connectivity index (χ1n) is 10.6. The Morgan fingerprint density at radius 3 is 2.33 bits per heavy atom. The summed E-state index contributed by atoms with van der Waals surface area (Å²) >= 11 is 0. The van der Waals surface area contributed by atoms with Crippen molar-refractivity contribution < 1.29 is 4.98 Å². The predicted molar refractivity (Wildman–Crippen MR) is 129 cm³/mol. The highest BCUT2D eigenvalue weighted by Crippen LogP contribution is 2.24. The number of aromatic nitrogens is 5. The van der Waals surface area contributed by atoms with Crippen LogP contribution in [-0.4, -0.2) is 25.4 Å². The van der Waals surface area contributed by atoms with Gasteiger partial charge in [0.15, 0.2) is 11.7 Å². The van der Waals surface area contributed by atoms with Gasteiger partial charge < -0.3 is 0 Å². The predicted octanol–water partition coefficient (Wildman–Crippen LogP) is 3.89. The maximum Gasteiger partial charge on any atom is 0.327 e. The summed E-state index contributed by atoms with van der Waals surface area (Å²) < 4.78 is 3.24. The average Bonchev–Trinajstić information content (AvgIpc) is 3.16. The lowest BCUT2D eigenvalue weighted by atomic mass is 10.2. The third-order valence-electron chi connectivity index (χ3n) is 5.64. The molecule has 7 heteroatoms. The van der Waals surface area contributed by atoms with Crippen molar-refractivity contribution in [2.75, 3.05) is 0 Å². The van der Waals surface area contributed by atoms with Gasteiger partial charge in [0, 0.05) is 0 Å². The normalized spacial score (nSPS) is 11.8. The fraction of sp³-hybridized carbons (Fsp3) is 0.0385. The third kappa shape index (κ3) is 3.18. The SMILES string of the molecule is Cc1ccc(-n2c[nH+]c3c(c2=O)c2nc4ccccc4nc2n3N=Cc2ccccc2)cc1. The van der Waals surface area contributed by atoms with Crippen LogP contribution < -0.4 is 10.5 Å². The van der Waals surface area contributed by atoms with Crippen molar-refractivity contribution in [1.82, 2.24) is 19.2 Å². The number of rotatable bonds is 3. The van der Waals surface area contributed by atoms with Crippen molar-refractivity contribution in [3.63, 3.8) is 0 Å². The van der Waals surface area contributed by atoms with E-state index in [9.17, 15) is 4.79 Å². The van der Waals surface area contributed by atoms with E-state index in [1.807, 2.05) is 85.8 Å². The van der Waals surface area contributed by atoms with Gasteiger partial charge in [-0.1, -0.05) is 60.2 Å². The van der Waals surface area contributed by atoms with E-state index >= 15 is 0 Å². The van der Waals surface area contributed by atoms with Gasteiger partial charge >= 0.3 is 5.56 Å². The van der Waals surface area contributed by atoms with Crippen LogP contribution in [0.4, 0.5) is 0 Å².